The third-order valence-electron chi connectivity index (χ3n) is 4.95. The molecular formula is C20H25FN2O. The van der Waals surface area contributed by atoms with Crippen molar-refractivity contribution in [2.75, 3.05) is 31.6 Å². The van der Waals surface area contributed by atoms with Gasteiger partial charge in [-0.15, -0.1) is 0 Å². The zero-order valence-corrected chi connectivity index (χ0v) is 14.1. The molecular weight excluding hydrogens is 303 g/mol. The number of aliphatic hydroxyl groups excluding tert-OH is 1. The molecule has 0 bridgehead atoms. The van der Waals surface area contributed by atoms with E-state index in [0.717, 1.165) is 31.5 Å². The summed E-state index contributed by atoms with van der Waals surface area (Å²) >= 11 is 0. The van der Waals surface area contributed by atoms with Crippen LogP contribution in [0.25, 0.3) is 0 Å². The Morgan fingerprint density at radius 3 is 2.33 bits per heavy atom. The Labute approximate surface area is 143 Å². The molecule has 0 spiro atoms. The second-order valence-electron chi connectivity index (χ2n) is 6.55. The van der Waals surface area contributed by atoms with Crippen LogP contribution in [0.5, 0.6) is 0 Å². The molecule has 0 radical (unpaired) electrons. The summed E-state index contributed by atoms with van der Waals surface area (Å²) < 4.78 is 13.0. The lowest BCUT2D eigenvalue weighted by Crippen LogP contribution is -2.44. The van der Waals surface area contributed by atoms with Gasteiger partial charge in [0.2, 0.25) is 0 Å². The van der Waals surface area contributed by atoms with Crippen molar-refractivity contribution in [3.63, 3.8) is 0 Å². The Morgan fingerprint density at radius 2 is 1.71 bits per heavy atom. The third kappa shape index (κ3) is 4.13. The summed E-state index contributed by atoms with van der Waals surface area (Å²) in [5.74, 6) is -0.268. The molecule has 128 valence electrons. The van der Waals surface area contributed by atoms with E-state index in [4.69, 9.17) is 0 Å². The third-order valence-corrected chi connectivity index (χ3v) is 4.95. The first kappa shape index (κ1) is 16.9. The topological polar surface area (TPSA) is 26.7 Å². The molecule has 1 aliphatic heterocycles. The first-order chi connectivity index (χ1) is 11.6. The van der Waals surface area contributed by atoms with Gasteiger partial charge in [0.1, 0.15) is 5.82 Å². The van der Waals surface area contributed by atoms with E-state index in [0.29, 0.717) is 12.6 Å². The maximum atomic E-state index is 13.0. The zero-order valence-electron chi connectivity index (χ0n) is 14.1. The number of rotatable bonds is 5. The Balaban J connectivity index is 1.51. The van der Waals surface area contributed by atoms with Crippen molar-refractivity contribution < 1.29 is 9.50 Å². The normalized spacial score (nSPS) is 17.6. The fraction of sp³-hybridized carbons (Fsp3) is 0.400. The van der Waals surface area contributed by atoms with Crippen LogP contribution in [0.15, 0.2) is 54.6 Å². The van der Waals surface area contributed by atoms with Crippen molar-refractivity contribution in [3.8, 4) is 0 Å². The highest BCUT2D eigenvalue weighted by atomic mass is 19.1. The van der Waals surface area contributed by atoms with E-state index in [1.807, 2.05) is 6.07 Å². The van der Waals surface area contributed by atoms with Crippen LogP contribution in [-0.4, -0.2) is 42.7 Å². The fourth-order valence-electron chi connectivity index (χ4n) is 3.40. The number of hydrogen-bond donors (Lipinski definition) is 1. The molecule has 1 unspecified atom stereocenters. The van der Waals surface area contributed by atoms with Crippen molar-refractivity contribution in [3.05, 3.63) is 66.0 Å². The van der Waals surface area contributed by atoms with Gasteiger partial charge in [-0.05, 0) is 42.7 Å². The molecule has 0 aromatic heterocycles. The summed E-state index contributed by atoms with van der Waals surface area (Å²) in [5, 5.41) is 10.3. The average molecular weight is 328 g/mol. The van der Waals surface area contributed by atoms with E-state index in [1.165, 1.54) is 17.8 Å². The molecule has 0 amide bonds. The molecule has 1 atom stereocenters. The van der Waals surface area contributed by atoms with E-state index in [-0.39, 0.29) is 5.82 Å². The standard InChI is InChI=1S/C20H25FN2O/c1-22(18-5-3-2-4-6-18)19-11-13-23(14-12-19)15-20(24)16-7-9-17(21)10-8-16/h2-10,19-20,24H,11-15H2,1H3. The minimum Gasteiger partial charge on any atom is -0.387 e. The van der Waals surface area contributed by atoms with E-state index < -0.39 is 6.10 Å². The van der Waals surface area contributed by atoms with Crippen LogP contribution >= 0.6 is 0 Å². The van der Waals surface area contributed by atoms with Crippen LogP contribution in [0.2, 0.25) is 0 Å². The number of halogens is 1. The van der Waals surface area contributed by atoms with E-state index in [2.05, 4.69) is 41.1 Å². The quantitative estimate of drug-likeness (QED) is 0.910. The lowest BCUT2D eigenvalue weighted by Gasteiger charge is -2.38. The van der Waals surface area contributed by atoms with Crippen molar-refractivity contribution in [2.24, 2.45) is 0 Å². The van der Waals surface area contributed by atoms with E-state index in [9.17, 15) is 9.50 Å². The van der Waals surface area contributed by atoms with Gasteiger partial charge < -0.3 is 14.9 Å². The number of piperidine rings is 1. The van der Waals surface area contributed by atoms with E-state index in [1.54, 1.807) is 12.1 Å². The van der Waals surface area contributed by atoms with Crippen LogP contribution in [0.4, 0.5) is 10.1 Å². The Kier molecular flexibility index (Phi) is 5.48. The summed E-state index contributed by atoms with van der Waals surface area (Å²) in [7, 11) is 2.16. The molecule has 1 heterocycles. The van der Waals surface area contributed by atoms with Crippen LogP contribution in [0, 0.1) is 5.82 Å². The highest BCUT2D eigenvalue weighted by Gasteiger charge is 2.24. The number of benzene rings is 2. The minimum absolute atomic E-state index is 0.268. The first-order valence-corrected chi connectivity index (χ1v) is 8.57. The van der Waals surface area contributed by atoms with Crippen LogP contribution < -0.4 is 4.90 Å². The van der Waals surface area contributed by atoms with E-state index >= 15 is 0 Å². The number of para-hydroxylation sites is 1. The minimum atomic E-state index is -0.561. The highest BCUT2D eigenvalue weighted by molar-refractivity contribution is 5.46. The summed E-state index contributed by atoms with van der Waals surface area (Å²) in [6, 6.07) is 17.1. The predicted molar refractivity (Wildman–Crippen MR) is 95.7 cm³/mol. The van der Waals surface area contributed by atoms with Crippen molar-refractivity contribution in [1.29, 1.82) is 0 Å². The lowest BCUT2D eigenvalue weighted by molar-refractivity contribution is 0.0972. The number of β-amino-alcohol motifs (C(OH)–C–C–N with tert-alkyl or cyclic N) is 1. The molecule has 1 aliphatic rings. The first-order valence-electron chi connectivity index (χ1n) is 8.57. The number of likely N-dealkylation sites (tertiary alicyclic amines) is 1. The van der Waals surface area contributed by atoms with Gasteiger partial charge in [0, 0.05) is 38.4 Å². The van der Waals surface area contributed by atoms with Crippen molar-refractivity contribution >= 4 is 5.69 Å². The maximum Gasteiger partial charge on any atom is 0.123 e. The van der Waals surface area contributed by atoms with Crippen LogP contribution in [0.1, 0.15) is 24.5 Å². The molecule has 1 N–H and O–H groups in total. The largest absolute Gasteiger partial charge is 0.387 e. The summed E-state index contributed by atoms with van der Waals surface area (Å²) in [6.07, 6.45) is 1.61. The van der Waals surface area contributed by atoms with Gasteiger partial charge in [-0.25, -0.2) is 4.39 Å². The predicted octanol–water partition coefficient (Wildman–Crippen LogP) is 3.46. The maximum absolute atomic E-state index is 13.0. The Bertz CT molecular complexity index is 624. The molecule has 3 rings (SSSR count). The Hall–Kier alpha value is -1.91. The molecule has 1 saturated heterocycles. The summed E-state index contributed by atoms with van der Waals surface area (Å²) in [5.41, 5.74) is 2.03. The highest BCUT2D eigenvalue weighted by Crippen LogP contribution is 2.23. The van der Waals surface area contributed by atoms with Gasteiger partial charge in [0.05, 0.1) is 6.10 Å². The number of nitrogens with zero attached hydrogens (tertiary/aromatic N) is 2. The number of anilines is 1. The molecule has 0 aliphatic carbocycles. The smallest absolute Gasteiger partial charge is 0.123 e. The molecule has 3 nitrogen and oxygen atoms in total. The molecule has 0 saturated carbocycles. The molecule has 2 aromatic rings. The molecule has 1 fully saturated rings. The van der Waals surface area contributed by atoms with Gasteiger partial charge in [-0.2, -0.15) is 0 Å². The van der Waals surface area contributed by atoms with Crippen molar-refractivity contribution in [1.82, 2.24) is 4.90 Å². The summed E-state index contributed by atoms with van der Waals surface area (Å²) in [4.78, 5) is 4.65. The Morgan fingerprint density at radius 1 is 1.08 bits per heavy atom. The fourth-order valence-corrected chi connectivity index (χ4v) is 3.40. The average Bonchev–Trinajstić information content (AvgIpc) is 2.63. The van der Waals surface area contributed by atoms with Gasteiger partial charge in [0.15, 0.2) is 0 Å². The SMILES string of the molecule is CN(c1ccccc1)C1CCN(CC(O)c2ccc(F)cc2)CC1. The van der Waals surface area contributed by atoms with Crippen molar-refractivity contribution in [2.45, 2.75) is 25.0 Å². The zero-order chi connectivity index (χ0) is 16.9. The van der Waals surface area contributed by atoms with Crippen LogP contribution in [0.3, 0.4) is 0 Å². The lowest BCUT2D eigenvalue weighted by atomic mass is 10.0. The van der Waals surface area contributed by atoms with Gasteiger partial charge in [0.25, 0.3) is 0 Å². The molecule has 4 heteroatoms. The monoisotopic (exact) mass is 328 g/mol. The van der Waals surface area contributed by atoms with Gasteiger partial charge in [-0.1, -0.05) is 30.3 Å². The number of hydrogen-bond acceptors (Lipinski definition) is 3. The van der Waals surface area contributed by atoms with Gasteiger partial charge in [-0.3, -0.25) is 0 Å². The molecule has 24 heavy (non-hydrogen) atoms. The summed E-state index contributed by atoms with van der Waals surface area (Å²) in [6.45, 7) is 2.55. The van der Waals surface area contributed by atoms with Crippen LogP contribution in [-0.2, 0) is 0 Å². The second-order valence-corrected chi connectivity index (χ2v) is 6.55. The second kappa shape index (κ2) is 7.77. The molecule has 2 aromatic carbocycles. The number of aliphatic hydroxyl groups is 1. The van der Waals surface area contributed by atoms with Gasteiger partial charge >= 0.3 is 0 Å².